The Labute approximate surface area is 228 Å². The van der Waals surface area contributed by atoms with Crippen molar-refractivity contribution in [2.45, 2.75) is 30.6 Å². The Morgan fingerprint density at radius 3 is 2.35 bits per heavy atom. The van der Waals surface area contributed by atoms with Crippen LogP contribution in [0.2, 0.25) is 0 Å². The first kappa shape index (κ1) is 28.2. The summed E-state index contributed by atoms with van der Waals surface area (Å²) in [5.41, 5.74) is 10.1. The molecule has 0 unspecified atom stereocenters. The fourth-order valence-corrected chi connectivity index (χ4v) is 4.84. The summed E-state index contributed by atoms with van der Waals surface area (Å²) in [5.74, 6) is -2.06. The Kier molecular flexibility index (Phi) is 8.43. The number of azide groups is 1. The van der Waals surface area contributed by atoms with Crippen LogP contribution in [0, 0.1) is 0 Å². The standard InChI is InChI=1S/C26H24N6O7S/c27-31-30-21-13-12-20-24-18(21)5-4-6-19(24)25(35)32(26(20)36)14-3-1-2-7-23(34)39-15-22(33)29-16-8-10-17(11-9-16)40(28,37)38/h4-6,8-13H,1-3,7,14-15H2,(H,29,33)(H2,28,37,38). The molecule has 1 aliphatic rings. The van der Waals surface area contributed by atoms with Gasteiger partial charge < -0.3 is 10.1 Å². The molecule has 0 saturated carbocycles. The van der Waals surface area contributed by atoms with Crippen molar-refractivity contribution in [2.24, 2.45) is 10.3 Å². The Balaban J connectivity index is 1.22. The zero-order valence-corrected chi connectivity index (χ0v) is 21.9. The molecule has 1 heterocycles. The number of nitrogens with one attached hydrogen (secondary N) is 1. The van der Waals surface area contributed by atoms with E-state index in [1.54, 1.807) is 30.3 Å². The van der Waals surface area contributed by atoms with Crippen LogP contribution in [-0.2, 0) is 24.3 Å². The van der Waals surface area contributed by atoms with Crippen molar-refractivity contribution >= 4 is 55.9 Å². The third-order valence-corrected chi connectivity index (χ3v) is 7.14. The van der Waals surface area contributed by atoms with Crippen LogP contribution in [0.3, 0.4) is 0 Å². The number of nitrogens with two attached hydrogens (primary N) is 1. The number of hydrogen-bond acceptors (Lipinski definition) is 8. The number of unbranched alkanes of at least 4 members (excludes halogenated alkanes) is 2. The molecule has 14 heteroatoms. The van der Waals surface area contributed by atoms with E-state index in [4.69, 9.17) is 15.4 Å². The van der Waals surface area contributed by atoms with Gasteiger partial charge in [0.05, 0.1) is 4.90 Å². The average molecular weight is 565 g/mol. The van der Waals surface area contributed by atoms with Crippen LogP contribution in [0.1, 0.15) is 46.4 Å². The number of ether oxygens (including phenoxy) is 1. The number of nitrogens with zero attached hydrogens (tertiary/aromatic N) is 4. The molecule has 3 aromatic rings. The number of sulfonamides is 1. The predicted molar refractivity (Wildman–Crippen MR) is 144 cm³/mol. The maximum atomic E-state index is 13.1. The smallest absolute Gasteiger partial charge is 0.306 e. The highest BCUT2D eigenvalue weighted by molar-refractivity contribution is 7.89. The third kappa shape index (κ3) is 6.26. The number of primary sulfonamides is 1. The number of imide groups is 1. The van der Waals surface area contributed by atoms with E-state index in [-0.39, 0.29) is 17.9 Å². The molecule has 0 spiro atoms. The molecular weight excluding hydrogens is 540 g/mol. The van der Waals surface area contributed by atoms with Gasteiger partial charge in [-0.1, -0.05) is 29.7 Å². The van der Waals surface area contributed by atoms with E-state index in [1.165, 1.54) is 29.2 Å². The number of anilines is 1. The second kappa shape index (κ2) is 11.9. The lowest BCUT2D eigenvalue weighted by Gasteiger charge is -2.27. The zero-order valence-electron chi connectivity index (χ0n) is 21.1. The number of rotatable bonds is 11. The second-order valence-corrected chi connectivity index (χ2v) is 10.5. The van der Waals surface area contributed by atoms with Crippen LogP contribution in [0.15, 0.2) is 64.6 Å². The van der Waals surface area contributed by atoms with Gasteiger partial charge in [-0.05, 0) is 60.2 Å². The minimum absolute atomic E-state index is 0.0442. The molecule has 0 atom stereocenters. The van der Waals surface area contributed by atoms with Gasteiger partial charge in [0.2, 0.25) is 10.0 Å². The molecule has 1 aliphatic heterocycles. The van der Waals surface area contributed by atoms with Gasteiger partial charge in [0.15, 0.2) is 6.61 Å². The van der Waals surface area contributed by atoms with Gasteiger partial charge in [0.25, 0.3) is 17.7 Å². The fourth-order valence-electron chi connectivity index (χ4n) is 4.33. The van der Waals surface area contributed by atoms with Crippen molar-refractivity contribution in [3.63, 3.8) is 0 Å². The lowest BCUT2D eigenvalue weighted by atomic mass is 9.93. The van der Waals surface area contributed by atoms with Gasteiger partial charge in [-0.15, -0.1) is 0 Å². The van der Waals surface area contributed by atoms with Gasteiger partial charge in [-0.2, -0.15) is 0 Å². The molecular formula is C26H24N6O7S. The molecule has 0 aliphatic carbocycles. The van der Waals surface area contributed by atoms with Crippen LogP contribution < -0.4 is 10.5 Å². The molecule has 3 N–H and O–H groups in total. The monoisotopic (exact) mass is 564 g/mol. The molecule has 3 amide bonds. The first-order chi connectivity index (χ1) is 19.1. The van der Waals surface area contributed by atoms with Crippen molar-refractivity contribution in [3.8, 4) is 0 Å². The Bertz CT molecular complexity index is 1640. The molecule has 0 aromatic heterocycles. The van der Waals surface area contributed by atoms with Crippen molar-refractivity contribution < 1.29 is 32.3 Å². The number of amides is 3. The highest BCUT2D eigenvalue weighted by Crippen LogP contribution is 2.35. The first-order valence-corrected chi connectivity index (χ1v) is 13.7. The predicted octanol–water partition coefficient (Wildman–Crippen LogP) is 3.77. The average Bonchev–Trinajstić information content (AvgIpc) is 2.92. The lowest BCUT2D eigenvalue weighted by Crippen LogP contribution is -2.40. The van der Waals surface area contributed by atoms with Crippen LogP contribution in [0.25, 0.3) is 21.2 Å². The normalized spacial score (nSPS) is 12.7. The number of carbonyl (C=O) groups is 4. The molecule has 4 rings (SSSR count). The van der Waals surface area contributed by atoms with Crippen LogP contribution in [-0.4, -0.2) is 50.2 Å². The summed E-state index contributed by atoms with van der Waals surface area (Å²) < 4.78 is 27.5. The highest BCUT2D eigenvalue weighted by Gasteiger charge is 2.32. The summed E-state index contributed by atoms with van der Waals surface area (Å²) >= 11 is 0. The number of benzene rings is 3. The minimum Gasteiger partial charge on any atom is -0.456 e. The lowest BCUT2D eigenvalue weighted by molar-refractivity contribution is -0.147. The summed E-state index contributed by atoms with van der Waals surface area (Å²) in [6, 6.07) is 13.3. The Hall–Kier alpha value is -4.78. The first-order valence-electron chi connectivity index (χ1n) is 12.2. The van der Waals surface area contributed by atoms with Crippen molar-refractivity contribution in [3.05, 3.63) is 76.2 Å². The van der Waals surface area contributed by atoms with Gasteiger partial charge in [0.1, 0.15) is 0 Å². The van der Waals surface area contributed by atoms with Crippen LogP contribution in [0.4, 0.5) is 11.4 Å². The summed E-state index contributed by atoms with van der Waals surface area (Å²) in [6.07, 6.45) is 1.46. The minimum atomic E-state index is -3.85. The van der Waals surface area contributed by atoms with Crippen molar-refractivity contribution in [2.75, 3.05) is 18.5 Å². The van der Waals surface area contributed by atoms with Crippen LogP contribution >= 0.6 is 0 Å². The molecule has 206 valence electrons. The third-order valence-electron chi connectivity index (χ3n) is 6.21. The van der Waals surface area contributed by atoms with E-state index in [9.17, 15) is 27.6 Å². The molecule has 0 bridgehead atoms. The van der Waals surface area contributed by atoms with Crippen LogP contribution in [0.5, 0.6) is 0 Å². The molecule has 0 fully saturated rings. The maximum Gasteiger partial charge on any atom is 0.306 e. The largest absolute Gasteiger partial charge is 0.456 e. The highest BCUT2D eigenvalue weighted by atomic mass is 32.2. The Morgan fingerprint density at radius 1 is 0.975 bits per heavy atom. The van der Waals surface area contributed by atoms with Gasteiger partial charge in [-0.3, -0.25) is 24.1 Å². The molecule has 0 saturated heterocycles. The molecule has 40 heavy (non-hydrogen) atoms. The molecule has 13 nitrogen and oxygen atoms in total. The molecule has 0 radical (unpaired) electrons. The summed E-state index contributed by atoms with van der Waals surface area (Å²) in [5, 5.41) is 12.1. The Morgan fingerprint density at radius 2 is 1.68 bits per heavy atom. The quantitative estimate of drug-likeness (QED) is 0.0880. The van der Waals surface area contributed by atoms with E-state index in [1.807, 2.05) is 0 Å². The van der Waals surface area contributed by atoms with Gasteiger partial charge in [-0.25, -0.2) is 13.6 Å². The summed E-state index contributed by atoms with van der Waals surface area (Å²) in [7, 11) is -3.85. The number of hydrogen-bond donors (Lipinski definition) is 2. The van der Waals surface area contributed by atoms with E-state index in [0.717, 1.165) is 0 Å². The maximum absolute atomic E-state index is 13.1. The van der Waals surface area contributed by atoms with Gasteiger partial charge in [0, 0.05) is 45.8 Å². The summed E-state index contributed by atoms with van der Waals surface area (Å²) in [4.78, 5) is 54.0. The fraction of sp³-hybridized carbons (Fsp3) is 0.231. The second-order valence-electron chi connectivity index (χ2n) is 8.90. The van der Waals surface area contributed by atoms with Crippen molar-refractivity contribution in [1.29, 1.82) is 0 Å². The number of esters is 1. The zero-order chi connectivity index (χ0) is 28.9. The van der Waals surface area contributed by atoms with E-state index in [2.05, 4.69) is 15.3 Å². The van der Waals surface area contributed by atoms with Crippen molar-refractivity contribution in [1.82, 2.24) is 4.90 Å². The van der Waals surface area contributed by atoms with E-state index in [0.29, 0.717) is 52.5 Å². The molecule has 3 aromatic carbocycles. The number of carbonyl (C=O) groups excluding carboxylic acids is 4. The SMILES string of the molecule is [N-]=[N+]=Nc1ccc2c3c(cccc13)C(=O)N(CCCCCC(=O)OCC(=O)Nc1ccc(S(N)(=O)=O)cc1)C2=O. The van der Waals surface area contributed by atoms with E-state index < -0.39 is 40.3 Å². The topological polar surface area (TPSA) is 202 Å². The van der Waals surface area contributed by atoms with E-state index >= 15 is 0 Å². The summed E-state index contributed by atoms with van der Waals surface area (Å²) in [6.45, 7) is -0.355. The van der Waals surface area contributed by atoms with Gasteiger partial charge >= 0.3 is 5.97 Å².